The quantitative estimate of drug-likeness (QED) is 0.0614. The van der Waals surface area contributed by atoms with E-state index in [0.717, 1.165) is 50.4 Å². The van der Waals surface area contributed by atoms with Crippen LogP contribution in [0, 0.1) is 26.6 Å². The van der Waals surface area contributed by atoms with Crippen LogP contribution in [0.4, 0.5) is 44.6 Å². The van der Waals surface area contributed by atoms with Gasteiger partial charge in [-0.3, -0.25) is 19.2 Å². The molecule has 45 nitrogen and oxygen atoms in total. The van der Waals surface area contributed by atoms with E-state index in [-0.39, 0.29) is 58.5 Å². The fraction of sp³-hybridized carbons (Fsp3) is 0.386. The van der Waals surface area contributed by atoms with E-state index in [0.29, 0.717) is 150 Å². The number of aromatic amines is 3. The third-order valence-electron chi connectivity index (χ3n) is 20.5. The molecule has 0 spiro atoms. The van der Waals surface area contributed by atoms with Gasteiger partial charge in [-0.25, -0.2) is 97.7 Å². The third kappa shape index (κ3) is 22.1. The van der Waals surface area contributed by atoms with Gasteiger partial charge in [0, 0.05) is 91.3 Å². The number of halogens is 1. The van der Waals surface area contributed by atoms with Gasteiger partial charge in [-0.05, 0) is 188 Å². The van der Waals surface area contributed by atoms with E-state index in [1.807, 2.05) is 133 Å². The minimum absolute atomic E-state index is 0.0596. The van der Waals surface area contributed by atoms with E-state index < -0.39 is 0 Å². The van der Waals surface area contributed by atoms with Crippen LogP contribution in [0.5, 0.6) is 0 Å². The molecule has 1 aliphatic heterocycles. The number of carbonyl (C=O) groups is 1. The van der Waals surface area contributed by atoms with Crippen LogP contribution in [0.3, 0.4) is 0 Å². The molecule has 134 heavy (non-hydrogen) atoms. The van der Waals surface area contributed by atoms with Gasteiger partial charge in [-0.2, -0.15) is 5.10 Å². The second kappa shape index (κ2) is 42.6. The number of Topliss-reactive ketones (excluding diaryl/α,β-unsaturated/α-hetero) is 1. The van der Waals surface area contributed by atoms with Crippen LogP contribution in [0.25, 0.3) is 94.6 Å². The van der Waals surface area contributed by atoms with E-state index in [2.05, 4.69) is 186 Å². The average Bonchev–Trinajstić information content (AvgIpc) is 1.62. The van der Waals surface area contributed by atoms with Gasteiger partial charge in [-0.1, -0.05) is 29.5 Å². The minimum Gasteiger partial charge on any atom is -0.398 e. The molecule has 0 bridgehead atoms. The maximum atomic E-state index is 13.5. The first kappa shape index (κ1) is 98.5. The molecule has 15 N–H and O–H groups in total. The third-order valence-corrected chi connectivity index (χ3v) is 20.5. The molecule has 0 radical (unpaired) electrons. The SMILES string of the molecule is CC(C)c1cnc2c(N)ccnn12.CC(C)n1cc(F)c2c(N)ccnc21.CC(C)n1ccc2c(N)ncnc21.CC(C)n1cnc2c(N)ccnc21.CC(C)n1cnc2c1N=CCC2=O.CC(C)n1nnc2c(N)ccnc21.CC(C)n1nnc2c(N)ncnc21.Cc1cc2c(ncn2C(C)C)c(=O)[nH]1.Cc1nc2c(ncn2C(C)C)c(=O)[nH]1.Cc1nc2c(nnn2C(C)C)c(=O)[nH]1. The number of hydrogen-bond acceptors (Lipinski definition) is 32. The molecule has 0 aromatic carbocycles. The number of hydrogen-bond donors (Lipinski definition) is 9. The lowest BCUT2D eigenvalue weighted by Gasteiger charge is -2.10. The summed E-state index contributed by atoms with van der Waals surface area (Å²) in [4.78, 5) is 116. The number of carbonyl (C=O) groups excluding carboxylic acids is 1. The van der Waals surface area contributed by atoms with E-state index in [9.17, 15) is 23.6 Å². The summed E-state index contributed by atoms with van der Waals surface area (Å²) in [5.41, 5.74) is 48.4. The zero-order chi connectivity index (χ0) is 97.7. The van der Waals surface area contributed by atoms with Crippen LogP contribution in [0.2, 0.25) is 0 Å². The number of anilines is 6. The molecular weight excluding hydrogens is 1710 g/mol. The number of nitrogens with zero attached hydrogens (tertiary/aromatic N) is 32. The van der Waals surface area contributed by atoms with Gasteiger partial charge in [0.05, 0.1) is 94.9 Å². The summed E-state index contributed by atoms with van der Waals surface area (Å²) < 4.78 is 32.0. The number of nitrogen functional groups attached to an aromatic ring is 6. The summed E-state index contributed by atoms with van der Waals surface area (Å²) in [5.74, 6) is 2.97. The Hall–Kier alpha value is -16.1. The van der Waals surface area contributed by atoms with Crippen molar-refractivity contribution in [3.05, 3.63) is 183 Å². The Bertz CT molecular complexity index is 6770. The van der Waals surface area contributed by atoms with Crippen LogP contribution in [0.1, 0.15) is 239 Å². The molecule has 20 heterocycles. The van der Waals surface area contributed by atoms with Gasteiger partial charge < -0.3 is 76.8 Å². The molecule has 0 atom stereocenters. The number of H-pyrrole nitrogens is 3. The van der Waals surface area contributed by atoms with E-state index >= 15 is 0 Å². The number of aryl methyl sites for hydroxylation is 3. The summed E-state index contributed by atoms with van der Waals surface area (Å²) in [7, 11) is 0. The van der Waals surface area contributed by atoms with Crippen molar-refractivity contribution in [1.29, 1.82) is 0 Å². The lowest BCUT2D eigenvalue weighted by atomic mass is 10.2. The largest absolute Gasteiger partial charge is 0.398 e. The summed E-state index contributed by atoms with van der Waals surface area (Å²) in [6.45, 7) is 46.2. The first-order valence-electron chi connectivity index (χ1n) is 43.4. The number of ketones is 1. The minimum atomic E-state index is -0.306. The zero-order valence-electron chi connectivity index (χ0n) is 79.3. The highest BCUT2D eigenvalue weighted by molar-refractivity contribution is 6.08. The molecule has 0 saturated carbocycles. The highest BCUT2D eigenvalue weighted by Crippen LogP contribution is 2.30. The van der Waals surface area contributed by atoms with E-state index in [1.165, 1.54) is 18.9 Å². The van der Waals surface area contributed by atoms with Crippen LogP contribution in [-0.4, -0.2) is 179 Å². The maximum absolute atomic E-state index is 13.5. The smallest absolute Gasteiger partial charge is 0.281 e. The second-order valence-corrected chi connectivity index (χ2v) is 34.0. The van der Waals surface area contributed by atoms with Gasteiger partial charge >= 0.3 is 0 Å². The number of nitrogens with one attached hydrogen (secondary N) is 3. The molecule has 704 valence electrons. The predicted molar refractivity (Wildman–Crippen MR) is 518 cm³/mol. The summed E-state index contributed by atoms with van der Waals surface area (Å²) in [6.07, 6.45) is 23.7. The van der Waals surface area contributed by atoms with Gasteiger partial charge in [0.1, 0.15) is 46.9 Å². The summed E-state index contributed by atoms with van der Waals surface area (Å²) in [5, 5.41) is 29.0. The summed E-state index contributed by atoms with van der Waals surface area (Å²) >= 11 is 0. The lowest BCUT2D eigenvalue weighted by molar-refractivity contribution is 0.0996. The first-order valence-corrected chi connectivity index (χ1v) is 43.4. The molecule has 0 saturated heterocycles. The number of rotatable bonds is 10. The van der Waals surface area contributed by atoms with Crippen LogP contribution < -0.4 is 51.1 Å². The maximum Gasteiger partial charge on any atom is 0.281 e. The topological polar surface area (TPSA) is 604 Å². The van der Waals surface area contributed by atoms with Crippen molar-refractivity contribution in [2.75, 3.05) is 34.4 Å². The van der Waals surface area contributed by atoms with Crippen molar-refractivity contribution in [2.24, 2.45) is 4.99 Å². The highest BCUT2D eigenvalue weighted by Gasteiger charge is 2.23. The monoisotopic (exact) mass is 1830 g/mol. The van der Waals surface area contributed by atoms with Crippen molar-refractivity contribution in [3.8, 4) is 0 Å². The van der Waals surface area contributed by atoms with E-state index in [1.54, 1.807) is 118 Å². The van der Waals surface area contributed by atoms with Crippen molar-refractivity contribution in [1.82, 2.24) is 167 Å². The molecule has 0 fully saturated rings. The standard InChI is InChI=1S/C10H12FN3.C10H13N3O.C9H12N4O.3C9H12N4.C9H11N3O.C8H11N5O.C8H11N5.C7H10N6/c1-6(2)14-5-7(11)9-8(12)3-4-13-10(9)14;1-6(2)13-5-11-9-8(13)4-7(3)12-10(9)14;1-5(2)13-4-10-7-8(13)11-6(3)12-9(7)14;1-6(2)13-5-12-8-7(10)3-4-11-9(8)13;1-6(2)13-4-3-7-8(10)11-5-12-9(7)13;1-6(2)8-5-11-9-7(10)3-4-12-13(8)9;1-6(2)12-5-11-8-7(13)3-4-10-9(8)12;1-4(2)13-7-6(11-12-13)8(14)10-5(3)9-7;1-5(2)13-8-7(11-12-13)6(9)3-4-10-8;1-4(2)13-7-5(11-12-13)6(8)9-3-10-7/h3-6H,1-2H3,(H2,12,13);4-6H,1-3H3,(H,12,14);4-5H,1-3H3,(H,11,12,14);3-6H,1-2H3,(H2,10,11);3-6H,1-2H3,(H2,10,11,12);3-6H,10H2,1-2H3;4-6H,3H2,1-2H3;4H,1-3H3,(H,9,10,14);3-5H,1-2H3,(H2,9,10);3-4H,1-2H3,(H2,8,9,10). The fourth-order valence-corrected chi connectivity index (χ4v) is 13.6. The highest BCUT2D eigenvalue weighted by atomic mass is 19.1. The fourth-order valence-electron chi connectivity index (χ4n) is 13.6. The van der Waals surface area contributed by atoms with Gasteiger partial charge in [-0.15, -0.1) is 15.3 Å². The predicted octanol–water partition coefficient (Wildman–Crippen LogP) is 13.1. The normalized spacial score (nSPS) is 11.7. The Morgan fingerprint density at radius 2 is 0.873 bits per heavy atom. The molecule has 19 aromatic heterocycles. The Morgan fingerprint density at radius 3 is 1.47 bits per heavy atom. The first-order chi connectivity index (χ1) is 63.6. The average molecular weight is 1830 g/mol. The molecule has 0 aliphatic carbocycles. The number of aliphatic imine (C=N–C) groups is 1. The van der Waals surface area contributed by atoms with Gasteiger partial charge in [0.25, 0.3) is 16.7 Å². The number of imidazole rings is 5. The van der Waals surface area contributed by atoms with Crippen molar-refractivity contribution >= 4 is 147 Å². The summed E-state index contributed by atoms with van der Waals surface area (Å²) in [6, 6.07) is 13.2. The van der Waals surface area contributed by atoms with Crippen molar-refractivity contribution in [3.63, 3.8) is 0 Å². The number of nitrogens with two attached hydrogens (primary N) is 6. The molecule has 0 unspecified atom stereocenters. The zero-order valence-corrected chi connectivity index (χ0v) is 79.3. The molecule has 19 aromatic rings. The van der Waals surface area contributed by atoms with Gasteiger partial charge in [0.15, 0.2) is 90.4 Å². The van der Waals surface area contributed by atoms with Gasteiger partial charge in [0.2, 0.25) is 0 Å². The number of fused-ring (bicyclic) bond motifs is 10. The van der Waals surface area contributed by atoms with Crippen LogP contribution >= 0.6 is 0 Å². The van der Waals surface area contributed by atoms with Crippen LogP contribution in [0.15, 0.2) is 137 Å². The number of pyridine rings is 4. The van der Waals surface area contributed by atoms with Crippen molar-refractivity contribution in [2.45, 2.75) is 226 Å². The Kier molecular flexibility index (Phi) is 31.4. The molecule has 46 heteroatoms. The molecule has 0 amide bonds. The molecular formula is C88H116FN41O4. The molecule has 20 rings (SSSR count). The van der Waals surface area contributed by atoms with Crippen molar-refractivity contribution < 1.29 is 9.18 Å². The Balaban J connectivity index is 0.000000143. The number of aromatic nitrogens is 34. The molecule has 1 aliphatic rings. The Morgan fingerprint density at radius 1 is 0.396 bits per heavy atom. The lowest BCUT2D eigenvalue weighted by Crippen LogP contribution is -2.11. The van der Waals surface area contributed by atoms with E-state index in [4.69, 9.17) is 34.4 Å². The second-order valence-electron chi connectivity index (χ2n) is 34.0. The van der Waals surface area contributed by atoms with Crippen LogP contribution in [-0.2, 0) is 0 Å². The Labute approximate surface area is 767 Å².